The topological polar surface area (TPSA) is 115 Å². The fourth-order valence-electron chi connectivity index (χ4n) is 4.19. The third-order valence-electron chi connectivity index (χ3n) is 6.16. The van der Waals surface area contributed by atoms with Crippen molar-refractivity contribution >= 4 is 52.4 Å². The molecule has 0 bridgehead atoms. The van der Waals surface area contributed by atoms with Gasteiger partial charge in [0.05, 0.1) is 23.3 Å². The highest BCUT2D eigenvalue weighted by atomic mass is 35.5. The molecule has 40 heavy (non-hydrogen) atoms. The molecule has 5 aromatic rings. The predicted octanol–water partition coefficient (Wildman–Crippen LogP) is 3.72. The SMILES string of the molecule is [B]c1cnn2c(NCc3cccc(CNS(=O)(=O)c4ccccc4C(=O)OC)c3)cc(-c3ccccc3Cl)nc12. The van der Waals surface area contributed by atoms with Crippen LogP contribution in [0.1, 0.15) is 21.5 Å². The first-order valence-electron chi connectivity index (χ1n) is 12.1. The number of esters is 1. The number of nitrogens with zero attached hydrogens (tertiary/aromatic N) is 3. The van der Waals surface area contributed by atoms with Gasteiger partial charge in [0, 0.05) is 35.9 Å². The van der Waals surface area contributed by atoms with E-state index in [0.29, 0.717) is 34.2 Å². The van der Waals surface area contributed by atoms with Crippen LogP contribution in [-0.2, 0) is 27.8 Å². The molecule has 9 nitrogen and oxygen atoms in total. The number of nitrogens with one attached hydrogen (secondary N) is 2. The summed E-state index contributed by atoms with van der Waals surface area (Å²) in [5, 5.41) is 8.27. The molecular weight excluding hydrogens is 549 g/mol. The van der Waals surface area contributed by atoms with E-state index in [-0.39, 0.29) is 17.0 Å². The van der Waals surface area contributed by atoms with Crippen LogP contribution in [0.15, 0.2) is 90.0 Å². The van der Waals surface area contributed by atoms with Gasteiger partial charge in [0.1, 0.15) is 13.7 Å². The van der Waals surface area contributed by atoms with Gasteiger partial charge in [-0.05, 0) is 34.8 Å². The molecule has 0 saturated carbocycles. The van der Waals surface area contributed by atoms with Crippen LogP contribution >= 0.6 is 11.6 Å². The molecule has 2 heterocycles. The highest BCUT2D eigenvalue weighted by molar-refractivity contribution is 7.89. The number of hydrogen-bond donors (Lipinski definition) is 2. The summed E-state index contributed by atoms with van der Waals surface area (Å²) in [4.78, 5) is 16.5. The lowest BCUT2D eigenvalue weighted by Gasteiger charge is -2.13. The van der Waals surface area contributed by atoms with Crippen LogP contribution in [-0.4, -0.2) is 43.9 Å². The van der Waals surface area contributed by atoms with E-state index in [0.717, 1.165) is 16.7 Å². The van der Waals surface area contributed by atoms with Gasteiger partial charge in [-0.3, -0.25) is 0 Å². The summed E-state index contributed by atoms with van der Waals surface area (Å²) in [6.07, 6.45) is 1.54. The minimum absolute atomic E-state index is 0.0253. The molecule has 0 amide bonds. The second kappa shape index (κ2) is 11.5. The van der Waals surface area contributed by atoms with Gasteiger partial charge in [0.25, 0.3) is 0 Å². The number of carbonyl (C=O) groups excluding carboxylic acids is 1. The average Bonchev–Trinajstić information content (AvgIpc) is 3.35. The van der Waals surface area contributed by atoms with E-state index >= 15 is 0 Å². The Morgan fingerprint density at radius 1 is 1.00 bits per heavy atom. The first kappa shape index (κ1) is 27.4. The van der Waals surface area contributed by atoms with Crippen LogP contribution < -0.4 is 15.5 Å². The number of fused-ring (bicyclic) bond motifs is 1. The Bertz CT molecular complexity index is 1830. The number of halogens is 1. The molecule has 2 radical (unpaired) electrons. The molecule has 3 aromatic carbocycles. The minimum Gasteiger partial charge on any atom is -0.465 e. The van der Waals surface area contributed by atoms with Gasteiger partial charge in [-0.2, -0.15) is 9.61 Å². The number of sulfonamides is 1. The highest BCUT2D eigenvalue weighted by Crippen LogP contribution is 2.28. The first-order chi connectivity index (χ1) is 19.3. The molecule has 200 valence electrons. The van der Waals surface area contributed by atoms with E-state index in [1.54, 1.807) is 22.7 Å². The Balaban J connectivity index is 1.35. The normalized spacial score (nSPS) is 11.4. The summed E-state index contributed by atoms with van der Waals surface area (Å²) in [7, 11) is 3.34. The van der Waals surface area contributed by atoms with Crippen molar-refractivity contribution in [1.29, 1.82) is 0 Å². The van der Waals surface area contributed by atoms with Crippen molar-refractivity contribution in [2.24, 2.45) is 0 Å². The molecule has 0 spiro atoms. The lowest BCUT2D eigenvalue weighted by atomic mass is 10.0. The Morgan fingerprint density at radius 2 is 1.73 bits per heavy atom. The van der Waals surface area contributed by atoms with Gasteiger partial charge in [-0.1, -0.05) is 66.2 Å². The van der Waals surface area contributed by atoms with Gasteiger partial charge < -0.3 is 10.1 Å². The van der Waals surface area contributed by atoms with Gasteiger partial charge in [-0.15, -0.1) is 0 Å². The molecule has 5 rings (SSSR count). The van der Waals surface area contributed by atoms with Crippen molar-refractivity contribution in [2.75, 3.05) is 12.4 Å². The van der Waals surface area contributed by atoms with E-state index in [2.05, 4.69) is 20.1 Å². The summed E-state index contributed by atoms with van der Waals surface area (Å²) in [5.41, 5.74) is 3.93. The fraction of sp³-hybridized carbons (Fsp3) is 0.107. The quantitative estimate of drug-likeness (QED) is 0.205. The number of rotatable bonds is 9. The predicted molar refractivity (Wildman–Crippen MR) is 154 cm³/mol. The second-order valence-electron chi connectivity index (χ2n) is 8.83. The smallest absolute Gasteiger partial charge is 0.339 e. The third-order valence-corrected chi connectivity index (χ3v) is 7.95. The monoisotopic (exact) mass is 571 g/mol. The van der Waals surface area contributed by atoms with Crippen molar-refractivity contribution in [3.8, 4) is 11.3 Å². The van der Waals surface area contributed by atoms with E-state index in [1.807, 2.05) is 48.5 Å². The van der Waals surface area contributed by atoms with E-state index in [1.165, 1.54) is 25.4 Å². The van der Waals surface area contributed by atoms with E-state index < -0.39 is 16.0 Å². The van der Waals surface area contributed by atoms with Crippen LogP contribution in [0.2, 0.25) is 5.02 Å². The summed E-state index contributed by atoms with van der Waals surface area (Å²) >= 11 is 6.41. The zero-order valence-corrected chi connectivity index (χ0v) is 22.9. The number of benzene rings is 3. The maximum Gasteiger partial charge on any atom is 0.339 e. The molecule has 0 fully saturated rings. The first-order valence-corrected chi connectivity index (χ1v) is 14.0. The number of ether oxygens (including phenoxy) is 1. The zero-order valence-electron chi connectivity index (χ0n) is 21.3. The molecule has 2 N–H and O–H groups in total. The maximum atomic E-state index is 13.0. The molecule has 0 aliphatic heterocycles. The third kappa shape index (κ3) is 5.72. The van der Waals surface area contributed by atoms with E-state index in [4.69, 9.17) is 24.2 Å². The standard InChI is InChI=1S/C28H23BClN5O4S/c1-39-28(36)21-10-3-5-12-25(21)40(37,38)33-16-19-8-6-7-18(13-19)15-31-26-14-24(20-9-2-4-11-23(20)30)34-27-22(29)17-32-35(26)27/h2-14,17,31,33H,15-16H2,1H3. The Morgan fingerprint density at radius 3 is 2.50 bits per heavy atom. The Kier molecular flexibility index (Phi) is 7.88. The van der Waals surface area contributed by atoms with E-state index in [9.17, 15) is 13.2 Å². The highest BCUT2D eigenvalue weighted by Gasteiger charge is 2.22. The molecule has 2 aromatic heterocycles. The molecule has 12 heteroatoms. The van der Waals surface area contributed by atoms with Crippen LogP contribution in [0.4, 0.5) is 5.82 Å². The number of carbonyl (C=O) groups is 1. The van der Waals surface area contributed by atoms with Crippen molar-refractivity contribution in [2.45, 2.75) is 18.0 Å². The number of methoxy groups -OCH3 is 1. The zero-order chi connectivity index (χ0) is 28.3. The van der Waals surface area contributed by atoms with Crippen molar-refractivity contribution in [3.05, 3.63) is 107 Å². The number of hydrogen-bond acceptors (Lipinski definition) is 7. The number of aromatic nitrogens is 3. The summed E-state index contributed by atoms with van der Waals surface area (Å²) < 4.78 is 34.9. The largest absolute Gasteiger partial charge is 0.465 e. The lowest BCUT2D eigenvalue weighted by molar-refractivity contribution is 0.0596. The minimum atomic E-state index is -3.98. The molecule has 0 aliphatic carbocycles. The maximum absolute atomic E-state index is 13.0. The molecule has 0 aliphatic rings. The van der Waals surface area contributed by atoms with Crippen molar-refractivity contribution in [1.82, 2.24) is 19.3 Å². The molecule has 0 atom stereocenters. The molecule has 0 saturated heterocycles. The van der Waals surface area contributed by atoms with Gasteiger partial charge in [-0.25, -0.2) is 22.9 Å². The summed E-state index contributed by atoms with van der Waals surface area (Å²) in [6.45, 7) is 0.435. The van der Waals surface area contributed by atoms with Crippen LogP contribution in [0.5, 0.6) is 0 Å². The van der Waals surface area contributed by atoms with Gasteiger partial charge in [0.15, 0.2) is 5.65 Å². The fourth-order valence-corrected chi connectivity index (χ4v) is 5.63. The van der Waals surface area contributed by atoms with Crippen LogP contribution in [0, 0.1) is 0 Å². The summed E-state index contributed by atoms with van der Waals surface area (Å²) in [6, 6.07) is 22.6. The van der Waals surface area contributed by atoms with Crippen molar-refractivity contribution < 1.29 is 17.9 Å². The molecule has 0 unspecified atom stereocenters. The summed E-state index contributed by atoms with van der Waals surface area (Å²) in [5.74, 6) is -0.0713. The van der Waals surface area contributed by atoms with Crippen molar-refractivity contribution in [3.63, 3.8) is 0 Å². The van der Waals surface area contributed by atoms with Gasteiger partial charge >= 0.3 is 5.97 Å². The molecular formula is C28H23BClN5O4S. The average molecular weight is 572 g/mol. The van der Waals surface area contributed by atoms with Crippen LogP contribution in [0.3, 0.4) is 0 Å². The van der Waals surface area contributed by atoms with Crippen LogP contribution in [0.25, 0.3) is 16.9 Å². The second-order valence-corrected chi connectivity index (χ2v) is 11.0. The lowest BCUT2D eigenvalue weighted by Crippen LogP contribution is -2.25. The Labute approximate surface area is 237 Å². The van der Waals surface area contributed by atoms with Gasteiger partial charge in [0.2, 0.25) is 10.0 Å². The Hall–Kier alpha value is -4.19. The number of anilines is 1.